The lowest BCUT2D eigenvalue weighted by molar-refractivity contribution is -0.120. The number of nitrogens with two attached hydrogens (primary N) is 1. The number of hydrogen-bond donors (Lipinski definition) is 3. The molecule has 0 saturated carbocycles. The summed E-state index contributed by atoms with van der Waals surface area (Å²) in [6, 6.07) is 16.2. The Labute approximate surface area is 177 Å². The zero-order valence-electron chi connectivity index (χ0n) is 16.5. The molecule has 1 aliphatic rings. The van der Waals surface area contributed by atoms with Gasteiger partial charge in [0.25, 0.3) is 5.91 Å². The summed E-state index contributed by atoms with van der Waals surface area (Å²) in [6.45, 7) is 3.17. The Kier molecular flexibility index (Phi) is 8.64. The highest BCUT2D eigenvalue weighted by Crippen LogP contribution is 2.21. The minimum absolute atomic E-state index is 0. The summed E-state index contributed by atoms with van der Waals surface area (Å²) < 4.78 is 5.30. The molecule has 1 fully saturated rings. The standard InChI is InChI=1S/C22H27N3O3.ClH/c1-15(20(23)16-5-3-2-4-6-16)21(26)24-18-9-7-17(8-10-18)22(27)25-19-11-13-28-14-12-19;/h2-10,15,19-20H,11-14,23H2,1H3,(H,24,26)(H,25,27);1H. The summed E-state index contributed by atoms with van der Waals surface area (Å²) >= 11 is 0. The third-order valence-corrected chi connectivity index (χ3v) is 5.11. The number of rotatable bonds is 6. The van der Waals surface area contributed by atoms with Crippen molar-refractivity contribution in [2.75, 3.05) is 18.5 Å². The second-order valence-electron chi connectivity index (χ2n) is 7.15. The van der Waals surface area contributed by atoms with Crippen molar-refractivity contribution in [1.29, 1.82) is 0 Å². The number of carbonyl (C=O) groups is 2. The molecule has 1 heterocycles. The van der Waals surface area contributed by atoms with Crippen molar-refractivity contribution in [3.8, 4) is 0 Å². The van der Waals surface area contributed by atoms with Gasteiger partial charge in [-0.15, -0.1) is 12.4 Å². The van der Waals surface area contributed by atoms with E-state index in [4.69, 9.17) is 10.5 Å². The van der Waals surface area contributed by atoms with E-state index in [1.165, 1.54) is 0 Å². The second kappa shape index (κ2) is 11.0. The highest BCUT2D eigenvalue weighted by atomic mass is 35.5. The van der Waals surface area contributed by atoms with Gasteiger partial charge in [-0.2, -0.15) is 0 Å². The Morgan fingerprint density at radius 1 is 1.03 bits per heavy atom. The molecule has 0 spiro atoms. The monoisotopic (exact) mass is 417 g/mol. The Morgan fingerprint density at radius 3 is 2.28 bits per heavy atom. The van der Waals surface area contributed by atoms with Crippen LogP contribution in [0.3, 0.4) is 0 Å². The van der Waals surface area contributed by atoms with E-state index in [1.54, 1.807) is 24.3 Å². The van der Waals surface area contributed by atoms with E-state index in [-0.39, 0.29) is 42.2 Å². The first kappa shape index (κ1) is 22.9. The van der Waals surface area contributed by atoms with Crippen LogP contribution in [0, 0.1) is 5.92 Å². The van der Waals surface area contributed by atoms with Gasteiger partial charge in [-0.1, -0.05) is 37.3 Å². The van der Waals surface area contributed by atoms with E-state index in [1.807, 2.05) is 37.3 Å². The van der Waals surface area contributed by atoms with Crippen molar-refractivity contribution in [1.82, 2.24) is 5.32 Å². The van der Waals surface area contributed by atoms with Gasteiger partial charge in [0.2, 0.25) is 5.91 Å². The molecule has 2 amide bonds. The number of halogens is 1. The van der Waals surface area contributed by atoms with Gasteiger partial charge in [-0.3, -0.25) is 9.59 Å². The van der Waals surface area contributed by atoms with Crippen LogP contribution in [0.25, 0.3) is 0 Å². The smallest absolute Gasteiger partial charge is 0.251 e. The minimum atomic E-state index is -0.390. The maximum Gasteiger partial charge on any atom is 0.251 e. The van der Waals surface area contributed by atoms with Gasteiger partial charge in [0.1, 0.15) is 0 Å². The second-order valence-corrected chi connectivity index (χ2v) is 7.15. The highest BCUT2D eigenvalue weighted by Gasteiger charge is 2.22. The van der Waals surface area contributed by atoms with Crippen LogP contribution in [0.2, 0.25) is 0 Å². The Balaban J connectivity index is 0.00000300. The summed E-state index contributed by atoms with van der Waals surface area (Å²) in [5.41, 5.74) is 8.35. The van der Waals surface area contributed by atoms with Crippen LogP contribution in [-0.4, -0.2) is 31.1 Å². The summed E-state index contributed by atoms with van der Waals surface area (Å²) in [5.74, 6) is -0.654. The minimum Gasteiger partial charge on any atom is -0.381 e. The summed E-state index contributed by atoms with van der Waals surface area (Å²) in [7, 11) is 0. The maximum atomic E-state index is 12.5. The zero-order valence-corrected chi connectivity index (χ0v) is 17.3. The fourth-order valence-electron chi connectivity index (χ4n) is 3.20. The first-order chi connectivity index (χ1) is 13.5. The van der Waals surface area contributed by atoms with Gasteiger partial charge in [0.15, 0.2) is 0 Å². The van der Waals surface area contributed by atoms with Gasteiger partial charge < -0.3 is 21.1 Å². The average Bonchev–Trinajstić information content (AvgIpc) is 2.74. The van der Waals surface area contributed by atoms with Gasteiger partial charge in [-0.05, 0) is 42.7 Å². The van der Waals surface area contributed by atoms with E-state index >= 15 is 0 Å². The number of carbonyl (C=O) groups excluding carboxylic acids is 2. The lowest BCUT2D eigenvalue weighted by atomic mass is 9.94. The van der Waals surface area contributed by atoms with Crippen LogP contribution in [0.5, 0.6) is 0 Å². The van der Waals surface area contributed by atoms with E-state index in [2.05, 4.69) is 10.6 Å². The van der Waals surface area contributed by atoms with Crippen molar-refractivity contribution in [3.05, 3.63) is 65.7 Å². The number of nitrogens with one attached hydrogen (secondary N) is 2. The molecule has 156 valence electrons. The third kappa shape index (κ3) is 6.29. The molecule has 1 aliphatic heterocycles. The lowest BCUT2D eigenvalue weighted by Crippen LogP contribution is -2.38. The number of hydrogen-bond acceptors (Lipinski definition) is 4. The molecular weight excluding hydrogens is 390 g/mol. The molecule has 3 rings (SSSR count). The molecule has 4 N–H and O–H groups in total. The van der Waals surface area contributed by atoms with Crippen molar-refractivity contribution in [2.24, 2.45) is 11.7 Å². The average molecular weight is 418 g/mol. The Morgan fingerprint density at radius 2 is 1.66 bits per heavy atom. The van der Waals surface area contributed by atoms with Gasteiger partial charge in [0, 0.05) is 36.5 Å². The number of anilines is 1. The van der Waals surface area contributed by atoms with Crippen molar-refractivity contribution >= 4 is 29.9 Å². The maximum absolute atomic E-state index is 12.5. The zero-order chi connectivity index (χ0) is 19.9. The first-order valence-corrected chi connectivity index (χ1v) is 9.64. The predicted octanol–water partition coefficient (Wildman–Crippen LogP) is 3.29. The molecule has 7 heteroatoms. The number of ether oxygens (including phenoxy) is 1. The lowest BCUT2D eigenvalue weighted by Gasteiger charge is -2.23. The highest BCUT2D eigenvalue weighted by molar-refractivity contribution is 5.96. The van der Waals surface area contributed by atoms with Crippen LogP contribution in [0.15, 0.2) is 54.6 Å². The van der Waals surface area contributed by atoms with Crippen LogP contribution < -0.4 is 16.4 Å². The van der Waals surface area contributed by atoms with E-state index in [0.717, 1.165) is 18.4 Å². The molecule has 0 aliphatic carbocycles. The van der Waals surface area contributed by atoms with Crippen LogP contribution in [-0.2, 0) is 9.53 Å². The molecule has 0 bridgehead atoms. The molecule has 2 aromatic carbocycles. The topological polar surface area (TPSA) is 93.5 Å². The SMILES string of the molecule is CC(C(=O)Nc1ccc(C(=O)NC2CCOCC2)cc1)C(N)c1ccccc1.Cl. The van der Waals surface area contributed by atoms with Crippen molar-refractivity contribution < 1.29 is 14.3 Å². The fraction of sp³-hybridized carbons (Fsp3) is 0.364. The molecule has 29 heavy (non-hydrogen) atoms. The summed E-state index contributed by atoms with van der Waals surface area (Å²) in [4.78, 5) is 24.9. The van der Waals surface area contributed by atoms with Crippen molar-refractivity contribution in [3.63, 3.8) is 0 Å². The van der Waals surface area contributed by atoms with Crippen LogP contribution in [0.1, 0.15) is 41.7 Å². The predicted molar refractivity (Wildman–Crippen MR) is 116 cm³/mol. The van der Waals surface area contributed by atoms with Crippen molar-refractivity contribution in [2.45, 2.75) is 31.8 Å². The van der Waals surface area contributed by atoms with E-state index < -0.39 is 0 Å². The molecule has 6 nitrogen and oxygen atoms in total. The molecular formula is C22H28ClN3O3. The molecule has 0 radical (unpaired) electrons. The molecule has 2 aromatic rings. The summed E-state index contributed by atoms with van der Waals surface area (Å²) in [6.07, 6.45) is 1.67. The van der Waals surface area contributed by atoms with Gasteiger partial charge in [-0.25, -0.2) is 0 Å². The third-order valence-electron chi connectivity index (χ3n) is 5.11. The van der Waals surface area contributed by atoms with E-state index in [0.29, 0.717) is 24.5 Å². The fourth-order valence-corrected chi connectivity index (χ4v) is 3.20. The van der Waals surface area contributed by atoms with E-state index in [9.17, 15) is 9.59 Å². The molecule has 0 aromatic heterocycles. The molecule has 1 saturated heterocycles. The Bertz CT molecular complexity index is 793. The van der Waals surface area contributed by atoms with Crippen LogP contribution in [0.4, 0.5) is 5.69 Å². The van der Waals surface area contributed by atoms with Gasteiger partial charge in [0.05, 0.1) is 5.92 Å². The van der Waals surface area contributed by atoms with Crippen LogP contribution >= 0.6 is 12.4 Å². The first-order valence-electron chi connectivity index (χ1n) is 9.64. The van der Waals surface area contributed by atoms with Gasteiger partial charge >= 0.3 is 0 Å². The molecule has 2 unspecified atom stereocenters. The number of amides is 2. The number of benzene rings is 2. The quantitative estimate of drug-likeness (QED) is 0.672. The largest absolute Gasteiger partial charge is 0.381 e. The normalized spacial score (nSPS) is 16.2. The Hall–Kier alpha value is -2.41. The summed E-state index contributed by atoms with van der Waals surface area (Å²) in [5, 5.41) is 5.90. The molecule has 2 atom stereocenters.